The van der Waals surface area contributed by atoms with Gasteiger partial charge in [0, 0.05) is 25.3 Å². The highest BCUT2D eigenvalue weighted by Crippen LogP contribution is 2.15. The van der Waals surface area contributed by atoms with E-state index in [9.17, 15) is 14.4 Å². The second kappa shape index (κ2) is 8.03. The van der Waals surface area contributed by atoms with Crippen LogP contribution in [0.2, 0.25) is 0 Å². The first-order valence-corrected chi connectivity index (χ1v) is 8.94. The molecular weight excluding hydrogens is 342 g/mol. The highest BCUT2D eigenvalue weighted by molar-refractivity contribution is 6.35. The summed E-state index contributed by atoms with van der Waals surface area (Å²) in [4.78, 5) is 40.0. The number of amides is 3. The van der Waals surface area contributed by atoms with Crippen LogP contribution in [0.25, 0.3) is 0 Å². The second-order valence-electron chi connectivity index (χ2n) is 6.74. The van der Waals surface area contributed by atoms with Gasteiger partial charge in [-0.05, 0) is 36.6 Å². The number of piperazine rings is 1. The van der Waals surface area contributed by atoms with Gasteiger partial charge in [-0.2, -0.15) is 0 Å². The smallest absolute Gasteiger partial charge is 0.312 e. The number of benzene rings is 2. The molecule has 0 aliphatic carbocycles. The van der Waals surface area contributed by atoms with Crippen molar-refractivity contribution in [3.8, 4) is 0 Å². The summed E-state index contributed by atoms with van der Waals surface area (Å²) in [6, 6.07) is 15.2. The summed E-state index contributed by atoms with van der Waals surface area (Å²) in [5.41, 5.74) is 3.75. The molecule has 1 aliphatic rings. The van der Waals surface area contributed by atoms with E-state index < -0.39 is 11.8 Å². The molecule has 0 atom stereocenters. The number of hydrogen-bond donors (Lipinski definition) is 1. The van der Waals surface area contributed by atoms with Crippen LogP contribution >= 0.6 is 0 Å². The van der Waals surface area contributed by atoms with Gasteiger partial charge in [-0.3, -0.25) is 14.4 Å². The zero-order chi connectivity index (χ0) is 19.4. The number of nitrogens with one attached hydrogen (secondary N) is 1. The maximum Gasteiger partial charge on any atom is 0.312 e. The van der Waals surface area contributed by atoms with Gasteiger partial charge in [-0.15, -0.1) is 0 Å². The molecule has 140 valence electrons. The molecule has 1 heterocycles. The van der Waals surface area contributed by atoms with Crippen molar-refractivity contribution in [2.45, 2.75) is 20.4 Å². The molecule has 0 bridgehead atoms. The maximum absolute atomic E-state index is 12.4. The van der Waals surface area contributed by atoms with Gasteiger partial charge in [0.05, 0.1) is 0 Å². The lowest BCUT2D eigenvalue weighted by molar-refractivity contribution is -0.157. The average Bonchev–Trinajstić information content (AvgIpc) is 2.65. The highest BCUT2D eigenvalue weighted by atomic mass is 16.2. The Bertz CT molecular complexity index is 878. The molecule has 27 heavy (non-hydrogen) atoms. The van der Waals surface area contributed by atoms with E-state index in [0.29, 0.717) is 25.3 Å². The number of nitrogens with zero attached hydrogens (tertiary/aromatic N) is 2. The number of rotatable bonds is 5. The molecular formula is C21H23N3O3. The minimum atomic E-state index is -0.630. The molecule has 6 nitrogen and oxygen atoms in total. The summed E-state index contributed by atoms with van der Waals surface area (Å²) in [7, 11) is 0. The van der Waals surface area contributed by atoms with Crippen LogP contribution in [0.3, 0.4) is 0 Å². The zero-order valence-corrected chi connectivity index (χ0v) is 15.6. The molecule has 1 aliphatic heterocycles. The second-order valence-corrected chi connectivity index (χ2v) is 6.74. The van der Waals surface area contributed by atoms with Crippen LogP contribution in [0.5, 0.6) is 0 Å². The van der Waals surface area contributed by atoms with Crippen LogP contribution < -0.4 is 5.32 Å². The number of anilines is 1. The fraction of sp³-hybridized carbons (Fsp3) is 0.286. The summed E-state index contributed by atoms with van der Waals surface area (Å²) >= 11 is 0. The third kappa shape index (κ3) is 4.34. The Kier molecular flexibility index (Phi) is 5.54. The average molecular weight is 365 g/mol. The van der Waals surface area contributed by atoms with Crippen molar-refractivity contribution in [3.05, 3.63) is 65.2 Å². The molecule has 0 radical (unpaired) electrons. The van der Waals surface area contributed by atoms with Gasteiger partial charge < -0.3 is 15.1 Å². The minimum absolute atomic E-state index is 0.128. The lowest BCUT2D eigenvalue weighted by atomic mass is 10.1. The van der Waals surface area contributed by atoms with Crippen molar-refractivity contribution < 1.29 is 14.4 Å². The molecule has 0 unspecified atom stereocenters. The van der Waals surface area contributed by atoms with Gasteiger partial charge in [0.2, 0.25) is 5.91 Å². The highest BCUT2D eigenvalue weighted by Gasteiger charge is 2.33. The molecule has 0 spiro atoms. The largest absolute Gasteiger partial charge is 0.328 e. The summed E-state index contributed by atoms with van der Waals surface area (Å²) in [5.74, 6) is -1.50. The summed E-state index contributed by atoms with van der Waals surface area (Å²) in [6.07, 6.45) is 0. The number of carbonyl (C=O) groups excluding carboxylic acids is 3. The van der Waals surface area contributed by atoms with Crippen molar-refractivity contribution in [2.24, 2.45) is 0 Å². The first-order chi connectivity index (χ1) is 13.0. The van der Waals surface area contributed by atoms with Crippen LogP contribution in [0.15, 0.2) is 48.5 Å². The van der Waals surface area contributed by atoms with Crippen molar-refractivity contribution in [1.82, 2.24) is 9.80 Å². The van der Waals surface area contributed by atoms with E-state index in [1.165, 1.54) is 4.90 Å². The lowest BCUT2D eigenvalue weighted by Gasteiger charge is -2.33. The fourth-order valence-electron chi connectivity index (χ4n) is 3.09. The quantitative estimate of drug-likeness (QED) is 0.825. The molecule has 2 aromatic rings. The van der Waals surface area contributed by atoms with Gasteiger partial charge in [0.15, 0.2) is 0 Å². The zero-order valence-electron chi connectivity index (χ0n) is 15.6. The predicted octanol–water partition coefficient (Wildman–Crippen LogP) is 2.11. The third-order valence-corrected chi connectivity index (χ3v) is 4.77. The van der Waals surface area contributed by atoms with Gasteiger partial charge in [0.25, 0.3) is 0 Å². The molecule has 1 N–H and O–H groups in total. The van der Waals surface area contributed by atoms with E-state index in [4.69, 9.17) is 0 Å². The van der Waals surface area contributed by atoms with Crippen LogP contribution in [0.4, 0.5) is 5.69 Å². The number of carbonyl (C=O) groups is 3. The fourth-order valence-corrected chi connectivity index (χ4v) is 3.09. The van der Waals surface area contributed by atoms with E-state index in [-0.39, 0.29) is 12.5 Å². The molecule has 3 amide bonds. The number of aryl methyl sites for hydroxylation is 2. The standard InChI is InChI=1S/C21H23N3O3/c1-15-7-3-5-9-17(15)13-23-11-12-24(21(27)20(23)26)14-19(25)22-18-10-6-4-8-16(18)2/h3-10H,11-14H2,1-2H3,(H,22,25). The number of hydrogen-bond acceptors (Lipinski definition) is 3. The van der Waals surface area contributed by atoms with Crippen LogP contribution in [0.1, 0.15) is 16.7 Å². The molecule has 1 saturated heterocycles. The number of para-hydroxylation sites is 1. The first kappa shape index (κ1) is 18.6. The maximum atomic E-state index is 12.4. The van der Waals surface area contributed by atoms with E-state index >= 15 is 0 Å². The molecule has 0 aromatic heterocycles. The monoisotopic (exact) mass is 365 g/mol. The Hall–Kier alpha value is -3.15. The molecule has 6 heteroatoms. The predicted molar refractivity (Wildman–Crippen MR) is 103 cm³/mol. The van der Waals surface area contributed by atoms with Crippen molar-refractivity contribution in [1.29, 1.82) is 0 Å². The van der Waals surface area contributed by atoms with Crippen molar-refractivity contribution in [3.63, 3.8) is 0 Å². The molecule has 3 rings (SSSR count). The Morgan fingerprint density at radius 2 is 1.48 bits per heavy atom. The van der Waals surface area contributed by atoms with E-state index in [0.717, 1.165) is 16.7 Å². The van der Waals surface area contributed by atoms with Gasteiger partial charge in [-0.1, -0.05) is 42.5 Å². The van der Waals surface area contributed by atoms with Gasteiger partial charge in [0.1, 0.15) is 6.54 Å². The van der Waals surface area contributed by atoms with E-state index in [2.05, 4.69) is 5.32 Å². The van der Waals surface area contributed by atoms with Crippen LogP contribution in [-0.2, 0) is 20.9 Å². The van der Waals surface area contributed by atoms with E-state index in [1.807, 2.05) is 56.3 Å². The summed E-state index contributed by atoms with van der Waals surface area (Å²) in [6.45, 7) is 4.91. The van der Waals surface area contributed by atoms with Crippen molar-refractivity contribution >= 4 is 23.4 Å². The first-order valence-electron chi connectivity index (χ1n) is 8.94. The van der Waals surface area contributed by atoms with Crippen LogP contribution in [-0.4, -0.2) is 47.2 Å². The van der Waals surface area contributed by atoms with Gasteiger partial charge >= 0.3 is 11.8 Å². The Morgan fingerprint density at radius 3 is 2.19 bits per heavy atom. The Labute approximate surface area is 158 Å². The van der Waals surface area contributed by atoms with Crippen LogP contribution in [0, 0.1) is 13.8 Å². The molecule has 2 aromatic carbocycles. The molecule has 1 fully saturated rings. The Morgan fingerprint density at radius 1 is 0.889 bits per heavy atom. The minimum Gasteiger partial charge on any atom is -0.328 e. The summed E-state index contributed by atoms with van der Waals surface area (Å²) in [5, 5.41) is 2.79. The van der Waals surface area contributed by atoms with Crippen molar-refractivity contribution in [2.75, 3.05) is 25.0 Å². The normalized spacial score (nSPS) is 14.4. The summed E-state index contributed by atoms with van der Waals surface area (Å²) < 4.78 is 0. The van der Waals surface area contributed by atoms with Gasteiger partial charge in [-0.25, -0.2) is 0 Å². The SMILES string of the molecule is Cc1ccccc1CN1CCN(CC(=O)Nc2ccccc2C)C(=O)C1=O. The van der Waals surface area contributed by atoms with E-state index in [1.54, 1.807) is 11.0 Å². The molecule has 0 saturated carbocycles. The Balaban J connectivity index is 1.59. The third-order valence-electron chi connectivity index (χ3n) is 4.77. The lowest BCUT2D eigenvalue weighted by Crippen LogP contribution is -2.55. The topological polar surface area (TPSA) is 69.7 Å².